The third kappa shape index (κ3) is 2.35. The van der Waals surface area contributed by atoms with Gasteiger partial charge in [-0.15, -0.1) is 0 Å². The Hall–Kier alpha value is -0.530. The van der Waals surface area contributed by atoms with Crippen molar-refractivity contribution in [1.82, 2.24) is 0 Å². The summed E-state index contributed by atoms with van der Waals surface area (Å²) in [6, 6.07) is 0. The van der Waals surface area contributed by atoms with Crippen LogP contribution in [0.3, 0.4) is 0 Å². The predicted molar refractivity (Wildman–Crippen MR) is 59.5 cm³/mol. The number of hydrogen-bond donors (Lipinski definition) is 0. The van der Waals surface area contributed by atoms with E-state index in [-0.39, 0.29) is 12.1 Å². The fourth-order valence-electron chi connectivity index (χ4n) is 3.47. The Bertz CT molecular complexity index is 249. The first-order chi connectivity index (χ1) is 7.10. The highest BCUT2D eigenvalue weighted by atomic mass is 16.5. The van der Waals surface area contributed by atoms with E-state index in [1.807, 2.05) is 0 Å². The van der Waals surface area contributed by atoms with Crippen LogP contribution in [0.15, 0.2) is 0 Å². The van der Waals surface area contributed by atoms with Crippen molar-refractivity contribution in [2.24, 2.45) is 11.3 Å². The highest BCUT2D eigenvalue weighted by Crippen LogP contribution is 2.50. The van der Waals surface area contributed by atoms with Crippen LogP contribution in [0.1, 0.15) is 58.8 Å². The average molecular weight is 210 g/mol. The Morgan fingerprint density at radius 3 is 2.80 bits per heavy atom. The molecule has 0 radical (unpaired) electrons. The SMILES string of the molecule is CC(=O)O[C@@H]1CC[C@@]2(C)CCCC[C@@H]2C1. The molecule has 86 valence electrons. The molecule has 2 aliphatic rings. The summed E-state index contributed by atoms with van der Waals surface area (Å²) < 4.78 is 5.35. The summed E-state index contributed by atoms with van der Waals surface area (Å²) in [5.41, 5.74) is 0.550. The number of esters is 1. The van der Waals surface area contributed by atoms with Crippen LogP contribution in [-0.2, 0) is 9.53 Å². The minimum Gasteiger partial charge on any atom is -0.463 e. The summed E-state index contributed by atoms with van der Waals surface area (Å²) in [6.45, 7) is 3.95. The van der Waals surface area contributed by atoms with E-state index in [9.17, 15) is 4.79 Å². The van der Waals surface area contributed by atoms with Gasteiger partial charge in [-0.25, -0.2) is 0 Å². The molecular weight excluding hydrogens is 188 g/mol. The van der Waals surface area contributed by atoms with E-state index in [2.05, 4.69) is 6.92 Å². The second-order valence-electron chi connectivity index (χ2n) is 5.60. The lowest BCUT2D eigenvalue weighted by Gasteiger charge is -2.47. The lowest BCUT2D eigenvalue weighted by Crippen LogP contribution is -2.39. The van der Waals surface area contributed by atoms with Gasteiger partial charge in [0.15, 0.2) is 0 Å². The maximum Gasteiger partial charge on any atom is 0.302 e. The van der Waals surface area contributed by atoms with Crippen LogP contribution in [0.5, 0.6) is 0 Å². The molecule has 2 aliphatic carbocycles. The van der Waals surface area contributed by atoms with Crippen molar-refractivity contribution in [3.63, 3.8) is 0 Å². The second-order valence-corrected chi connectivity index (χ2v) is 5.60. The van der Waals surface area contributed by atoms with Crippen LogP contribution < -0.4 is 0 Å². The molecular formula is C13H22O2. The molecule has 2 fully saturated rings. The van der Waals surface area contributed by atoms with Gasteiger partial charge in [-0.2, -0.15) is 0 Å². The number of fused-ring (bicyclic) bond motifs is 1. The van der Waals surface area contributed by atoms with Gasteiger partial charge in [0.25, 0.3) is 0 Å². The maximum absolute atomic E-state index is 10.9. The molecule has 2 saturated carbocycles. The van der Waals surface area contributed by atoms with Crippen LogP contribution in [0.4, 0.5) is 0 Å². The molecule has 0 aromatic carbocycles. The van der Waals surface area contributed by atoms with Crippen LogP contribution >= 0.6 is 0 Å². The minimum absolute atomic E-state index is 0.112. The van der Waals surface area contributed by atoms with Crippen molar-refractivity contribution in [3.05, 3.63) is 0 Å². The Kier molecular flexibility index (Phi) is 3.03. The van der Waals surface area contributed by atoms with Gasteiger partial charge in [-0.3, -0.25) is 4.79 Å². The molecule has 0 saturated heterocycles. The number of carbonyl (C=O) groups excluding carboxylic acids is 1. The smallest absolute Gasteiger partial charge is 0.302 e. The van der Waals surface area contributed by atoms with E-state index in [4.69, 9.17) is 4.74 Å². The Balaban J connectivity index is 1.95. The molecule has 3 atom stereocenters. The first kappa shape index (κ1) is 11.0. The van der Waals surface area contributed by atoms with Gasteiger partial charge >= 0.3 is 5.97 Å². The van der Waals surface area contributed by atoms with Gasteiger partial charge in [0.05, 0.1) is 0 Å². The molecule has 0 bridgehead atoms. The molecule has 2 heteroatoms. The molecule has 0 spiro atoms. The number of hydrogen-bond acceptors (Lipinski definition) is 2. The van der Waals surface area contributed by atoms with Gasteiger partial charge in [0.1, 0.15) is 6.10 Å². The fraction of sp³-hybridized carbons (Fsp3) is 0.923. The predicted octanol–water partition coefficient (Wildman–Crippen LogP) is 3.30. The van der Waals surface area contributed by atoms with E-state index in [0.717, 1.165) is 18.8 Å². The summed E-state index contributed by atoms with van der Waals surface area (Å²) in [7, 11) is 0. The standard InChI is InChI=1S/C13H22O2/c1-10(14)15-12-6-8-13(2)7-4-3-5-11(13)9-12/h11-12H,3-9H2,1-2H3/t11-,12-,13-/m1/s1. The Morgan fingerprint density at radius 2 is 2.07 bits per heavy atom. The topological polar surface area (TPSA) is 26.3 Å². The molecule has 0 N–H and O–H groups in total. The van der Waals surface area contributed by atoms with Crippen molar-refractivity contribution in [2.75, 3.05) is 0 Å². The molecule has 0 aliphatic heterocycles. The largest absolute Gasteiger partial charge is 0.463 e. The van der Waals surface area contributed by atoms with Crippen LogP contribution in [0.2, 0.25) is 0 Å². The van der Waals surface area contributed by atoms with Gasteiger partial charge in [-0.05, 0) is 43.4 Å². The van der Waals surface area contributed by atoms with E-state index in [0.29, 0.717) is 5.41 Å². The van der Waals surface area contributed by atoms with E-state index < -0.39 is 0 Å². The zero-order chi connectivity index (χ0) is 10.9. The lowest BCUT2D eigenvalue weighted by molar-refractivity contribution is -0.151. The third-order valence-corrected chi connectivity index (χ3v) is 4.45. The van der Waals surface area contributed by atoms with Crippen LogP contribution in [-0.4, -0.2) is 12.1 Å². The van der Waals surface area contributed by atoms with Gasteiger partial charge in [0, 0.05) is 6.92 Å². The zero-order valence-corrected chi connectivity index (χ0v) is 9.92. The van der Waals surface area contributed by atoms with Crippen molar-refractivity contribution >= 4 is 5.97 Å². The van der Waals surface area contributed by atoms with Gasteiger partial charge in [0.2, 0.25) is 0 Å². The summed E-state index contributed by atoms with van der Waals surface area (Å²) in [4.78, 5) is 10.9. The summed E-state index contributed by atoms with van der Waals surface area (Å²) in [6.07, 6.45) is 9.12. The van der Waals surface area contributed by atoms with Crippen LogP contribution in [0.25, 0.3) is 0 Å². The molecule has 15 heavy (non-hydrogen) atoms. The van der Waals surface area contributed by atoms with Crippen LogP contribution in [0, 0.1) is 11.3 Å². The number of carbonyl (C=O) groups is 1. The number of rotatable bonds is 1. The quantitative estimate of drug-likeness (QED) is 0.621. The molecule has 2 rings (SSSR count). The Labute approximate surface area is 92.4 Å². The highest BCUT2D eigenvalue weighted by Gasteiger charge is 2.41. The molecule has 0 aromatic rings. The first-order valence-corrected chi connectivity index (χ1v) is 6.27. The molecule has 2 nitrogen and oxygen atoms in total. The minimum atomic E-state index is -0.112. The van der Waals surface area contributed by atoms with E-state index >= 15 is 0 Å². The summed E-state index contributed by atoms with van der Waals surface area (Å²) in [5.74, 6) is 0.684. The van der Waals surface area contributed by atoms with Gasteiger partial charge in [-0.1, -0.05) is 19.8 Å². The highest BCUT2D eigenvalue weighted by molar-refractivity contribution is 5.66. The fourth-order valence-corrected chi connectivity index (χ4v) is 3.47. The zero-order valence-electron chi connectivity index (χ0n) is 9.92. The van der Waals surface area contributed by atoms with Crippen molar-refractivity contribution in [2.45, 2.75) is 64.9 Å². The molecule has 0 amide bonds. The Morgan fingerprint density at radius 1 is 1.27 bits per heavy atom. The molecule has 0 heterocycles. The van der Waals surface area contributed by atoms with Crippen molar-refractivity contribution < 1.29 is 9.53 Å². The monoisotopic (exact) mass is 210 g/mol. The maximum atomic E-state index is 10.9. The second kappa shape index (κ2) is 4.15. The summed E-state index contributed by atoms with van der Waals surface area (Å²) in [5, 5.41) is 0. The van der Waals surface area contributed by atoms with Gasteiger partial charge < -0.3 is 4.74 Å². The average Bonchev–Trinajstić information content (AvgIpc) is 2.17. The summed E-state index contributed by atoms with van der Waals surface area (Å²) >= 11 is 0. The van der Waals surface area contributed by atoms with E-state index in [1.54, 1.807) is 0 Å². The van der Waals surface area contributed by atoms with Crippen molar-refractivity contribution in [3.8, 4) is 0 Å². The van der Waals surface area contributed by atoms with Crippen molar-refractivity contribution in [1.29, 1.82) is 0 Å². The normalized spacial score (nSPS) is 40.7. The lowest BCUT2D eigenvalue weighted by atomic mass is 9.60. The third-order valence-electron chi connectivity index (χ3n) is 4.45. The first-order valence-electron chi connectivity index (χ1n) is 6.27. The van der Waals surface area contributed by atoms with E-state index in [1.165, 1.54) is 39.0 Å². The molecule has 0 unspecified atom stereocenters. The number of ether oxygens (including phenoxy) is 1. The molecule has 0 aromatic heterocycles.